The normalized spacial score (nSPS) is 23.9. The van der Waals surface area contributed by atoms with Gasteiger partial charge in [0.1, 0.15) is 5.56 Å². The Hall–Kier alpha value is -2.11. The topological polar surface area (TPSA) is 63.1 Å². The maximum atomic E-state index is 13.2. The zero-order valence-electron chi connectivity index (χ0n) is 17.9. The molecule has 2 bridgehead atoms. The van der Waals surface area contributed by atoms with E-state index in [9.17, 15) is 9.59 Å². The largest absolute Gasteiger partial charge is 0.351 e. The highest BCUT2D eigenvalue weighted by Gasteiger charge is 2.35. The van der Waals surface area contributed by atoms with E-state index in [2.05, 4.69) is 34.9 Å². The number of carbonyl (C=O) groups excluding carboxylic acids is 1. The first-order chi connectivity index (χ1) is 14.7. The van der Waals surface area contributed by atoms with Gasteiger partial charge < -0.3 is 15.2 Å². The molecular weight excluding hydrogens is 410 g/mol. The Morgan fingerprint density at radius 2 is 1.84 bits per heavy atom. The second-order valence-electron chi connectivity index (χ2n) is 9.43. The number of nitrogens with one attached hydrogen (secondary N) is 2. The van der Waals surface area contributed by atoms with Crippen LogP contribution in [0.4, 0.5) is 0 Å². The molecule has 1 saturated heterocycles. The predicted molar refractivity (Wildman–Crippen MR) is 125 cm³/mol. The molecule has 31 heavy (non-hydrogen) atoms. The SMILES string of the molecule is Cl.O=C(NCC1(c2ccccc2)CCCCC1)c1ccc2n(c1=O)C[C@@H]1CNC[C@H]2C1. The molecule has 2 aliphatic heterocycles. The third-order valence-corrected chi connectivity index (χ3v) is 7.54. The van der Waals surface area contributed by atoms with E-state index in [-0.39, 0.29) is 34.9 Å². The predicted octanol–water partition coefficient (Wildman–Crippen LogP) is 3.61. The number of hydrogen-bond acceptors (Lipinski definition) is 3. The zero-order valence-corrected chi connectivity index (χ0v) is 18.8. The van der Waals surface area contributed by atoms with Crippen LogP contribution in [0, 0.1) is 5.92 Å². The number of carbonyl (C=O) groups is 1. The first-order valence-corrected chi connectivity index (χ1v) is 11.4. The van der Waals surface area contributed by atoms with Crippen LogP contribution in [0.3, 0.4) is 0 Å². The van der Waals surface area contributed by atoms with Crippen molar-refractivity contribution in [1.29, 1.82) is 0 Å². The first kappa shape index (κ1) is 22.1. The van der Waals surface area contributed by atoms with Crippen LogP contribution in [0.25, 0.3) is 0 Å². The van der Waals surface area contributed by atoms with E-state index in [0.29, 0.717) is 24.9 Å². The lowest BCUT2D eigenvalue weighted by atomic mass is 9.69. The van der Waals surface area contributed by atoms with Gasteiger partial charge in [0.05, 0.1) is 0 Å². The highest BCUT2D eigenvalue weighted by atomic mass is 35.5. The van der Waals surface area contributed by atoms with Crippen LogP contribution in [0.5, 0.6) is 0 Å². The highest BCUT2D eigenvalue weighted by molar-refractivity contribution is 5.93. The molecule has 2 fully saturated rings. The molecule has 166 valence electrons. The lowest BCUT2D eigenvalue weighted by Gasteiger charge is -2.38. The van der Waals surface area contributed by atoms with E-state index in [0.717, 1.165) is 38.0 Å². The van der Waals surface area contributed by atoms with Crippen LogP contribution in [-0.4, -0.2) is 30.1 Å². The number of hydrogen-bond donors (Lipinski definition) is 2. The molecule has 1 saturated carbocycles. The number of benzene rings is 1. The Bertz CT molecular complexity index is 982. The van der Waals surface area contributed by atoms with E-state index in [1.165, 1.54) is 24.8 Å². The fourth-order valence-corrected chi connectivity index (χ4v) is 5.90. The summed E-state index contributed by atoms with van der Waals surface area (Å²) in [5, 5.41) is 6.61. The third kappa shape index (κ3) is 4.18. The molecule has 6 heteroatoms. The molecule has 0 spiro atoms. The second-order valence-corrected chi connectivity index (χ2v) is 9.43. The van der Waals surface area contributed by atoms with Crippen LogP contribution in [0.15, 0.2) is 47.3 Å². The van der Waals surface area contributed by atoms with E-state index < -0.39 is 0 Å². The molecule has 3 aliphatic rings. The average molecular weight is 442 g/mol. The van der Waals surface area contributed by atoms with Gasteiger partial charge in [0.15, 0.2) is 0 Å². The Kier molecular flexibility index (Phi) is 6.54. The fraction of sp³-hybridized carbons (Fsp3) is 0.520. The summed E-state index contributed by atoms with van der Waals surface area (Å²) >= 11 is 0. The molecule has 1 aliphatic carbocycles. The molecule has 2 aromatic rings. The smallest absolute Gasteiger partial charge is 0.263 e. The van der Waals surface area contributed by atoms with Gasteiger partial charge in [0.2, 0.25) is 0 Å². The summed E-state index contributed by atoms with van der Waals surface area (Å²) < 4.78 is 1.86. The highest BCUT2D eigenvalue weighted by Crippen LogP contribution is 2.39. The molecule has 1 aromatic heterocycles. The minimum Gasteiger partial charge on any atom is -0.351 e. The Morgan fingerprint density at radius 1 is 1.06 bits per heavy atom. The summed E-state index contributed by atoms with van der Waals surface area (Å²) in [7, 11) is 0. The van der Waals surface area contributed by atoms with Crippen LogP contribution in [0.1, 0.15) is 66.1 Å². The number of fused-ring (bicyclic) bond motifs is 4. The van der Waals surface area contributed by atoms with Gasteiger partial charge in [-0.05, 0) is 49.4 Å². The van der Waals surface area contributed by atoms with Crippen molar-refractivity contribution in [2.75, 3.05) is 19.6 Å². The number of nitrogens with zero attached hydrogens (tertiary/aromatic N) is 1. The van der Waals surface area contributed by atoms with Crippen molar-refractivity contribution in [3.63, 3.8) is 0 Å². The van der Waals surface area contributed by atoms with Gasteiger partial charge in [-0.15, -0.1) is 12.4 Å². The summed E-state index contributed by atoms with van der Waals surface area (Å²) in [4.78, 5) is 26.2. The van der Waals surface area contributed by atoms with Crippen molar-refractivity contribution in [2.24, 2.45) is 5.92 Å². The number of rotatable bonds is 4. The number of piperidine rings is 1. The Morgan fingerprint density at radius 3 is 2.61 bits per heavy atom. The fourth-order valence-electron chi connectivity index (χ4n) is 5.90. The quantitative estimate of drug-likeness (QED) is 0.761. The number of halogens is 1. The number of amides is 1. The maximum Gasteiger partial charge on any atom is 0.263 e. The van der Waals surface area contributed by atoms with E-state index in [4.69, 9.17) is 0 Å². The van der Waals surface area contributed by atoms with Crippen molar-refractivity contribution >= 4 is 18.3 Å². The van der Waals surface area contributed by atoms with Gasteiger partial charge in [-0.25, -0.2) is 0 Å². The summed E-state index contributed by atoms with van der Waals surface area (Å²) in [6, 6.07) is 14.3. The monoisotopic (exact) mass is 441 g/mol. The molecule has 0 radical (unpaired) electrons. The lowest BCUT2D eigenvalue weighted by Crippen LogP contribution is -2.47. The Balaban J connectivity index is 0.00000231. The van der Waals surface area contributed by atoms with Gasteiger partial charge in [-0.1, -0.05) is 49.6 Å². The van der Waals surface area contributed by atoms with Crippen LogP contribution in [0.2, 0.25) is 0 Å². The minimum atomic E-state index is -0.231. The van der Waals surface area contributed by atoms with Gasteiger partial charge >= 0.3 is 0 Å². The number of aromatic nitrogens is 1. The van der Waals surface area contributed by atoms with E-state index in [1.54, 1.807) is 6.07 Å². The standard InChI is InChI=1S/C25H31N3O2.ClH/c29-23(27-17-25(11-5-2-6-12-25)20-7-3-1-4-8-20)21-9-10-22-19-13-18(14-26-15-19)16-28(22)24(21)30;/h1,3-4,7-10,18-19,26H,2,5-6,11-17H2,(H,27,29);1H/t18-,19+;/m0./s1. The molecule has 3 heterocycles. The minimum absolute atomic E-state index is 0. The van der Waals surface area contributed by atoms with Crippen molar-refractivity contribution in [2.45, 2.75) is 56.4 Å². The maximum absolute atomic E-state index is 13.2. The third-order valence-electron chi connectivity index (χ3n) is 7.54. The van der Waals surface area contributed by atoms with Crippen molar-refractivity contribution in [3.8, 4) is 0 Å². The van der Waals surface area contributed by atoms with Crippen molar-refractivity contribution < 1.29 is 4.79 Å². The molecule has 1 amide bonds. The molecular formula is C25H32ClN3O2. The van der Waals surface area contributed by atoms with Gasteiger partial charge in [0, 0.05) is 36.7 Å². The first-order valence-electron chi connectivity index (χ1n) is 11.4. The van der Waals surface area contributed by atoms with Gasteiger partial charge in [0.25, 0.3) is 11.5 Å². The zero-order chi connectivity index (χ0) is 20.6. The number of pyridine rings is 1. The summed E-state index contributed by atoms with van der Waals surface area (Å²) in [6.07, 6.45) is 6.92. The van der Waals surface area contributed by atoms with Crippen LogP contribution < -0.4 is 16.2 Å². The van der Waals surface area contributed by atoms with E-state index in [1.807, 2.05) is 16.7 Å². The Labute approximate surface area is 190 Å². The van der Waals surface area contributed by atoms with E-state index >= 15 is 0 Å². The molecule has 1 aromatic carbocycles. The molecule has 5 nitrogen and oxygen atoms in total. The summed E-state index contributed by atoms with van der Waals surface area (Å²) in [5.74, 6) is 0.631. The summed E-state index contributed by atoms with van der Waals surface area (Å²) in [5.41, 5.74) is 2.51. The second kappa shape index (κ2) is 9.17. The lowest BCUT2D eigenvalue weighted by molar-refractivity contribution is 0.0933. The summed E-state index contributed by atoms with van der Waals surface area (Å²) in [6.45, 7) is 3.18. The van der Waals surface area contributed by atoms with Gasteiger partial charge in [-0.2, -0.15) is 0 Å². The average Bonchev–Trinajstić information content (AvgIpc) is 2.80. The molecule has 0 unspecified atom stereocenters. The molecule has 5 rings (SSSR count). The van der Waals surface area contributed by atoms with Crippen molar-refractivity contribution in [3.05, 3.63) is 69.6 Å². The molecule has 2 N–H and O–H groups in total. The van der Waals surface area contributed by atoms with Crippen LogP contribution >= 0.6 is 12.4 Å². The molecule has 2 atom stereocenters. The van der Waals surface area contributed by atoms with Gasteiger partial charge in [-0.3, -0.25) is 9.59 Å². The van der Waals surface area contributed by atoms with Crippen molar-refractivity contribution in [1.82, 2.24) is 15.2 Å². The van der Waals surface area contributed by atoms with Crippen LogP contribution in [-0.2, 0) is 12.0 Å².